The molecule has 0 radical (unpaired) electrons. The van der Waals surface area contributed by atoms with Crippen LogP contribution in [0.4, 0.5) is 13.2 Å². The van der Waals surface area contributed by atoms with Gasteiger partial charge in [-0.15, -0.1) is 0 Å². The van der Waals surface area contributed by atoms with Gasteiger partial charge < -0.3 is 9.84 Å². The summed E-state index contributed by atoms with van der Waals surface area (Å²) in [5.74, 6) is 0.0923. The summed E-state index contributed by atoms with van der Waals surface area (Å²) in [4.78, 5) is 34.7. The van der Waals surface area contributed by atoms with Crippen molar-refractivity contribution in [1.82, 2.24) is 19.1 Å². The molecule has 11 heteroatoms. The van der Waals surface area contributed by atoms with Crippen molar-refractivity contribution in [3.8, 4) is 5.75 Å². The zero-order chi connectivity index (χ0) is 25.8. The van der Waals surface area contributed by atoms with E-state index in [4.69, 9.17) is 9.84 Å². The van der Waals surface area contributed by atoms with E-state index in [9.17, 15) is 22.8 Å². The molecule has 0 fully saturated rings. The molecule has 8 nitrogen and oxygen atoms in total. The SMILES string of the molecule is CC(C)Cn1c(=O)n(C)c(=O)c2nc(CCCCCO)c(COc3cccc(C(F)(F)F)c3)nc21. The fourth-order valence-corrected chi connectivity index (χ4v) is 3.68. The average Bonchev–Trinajstić information content (AvgIpc) is 2.81. The van der Waals surface area contributed by atoms with Crippen molar-refractivity contribution in [2.75, 3.05) is 6.61 Å². The van der Waals surface area contributed by atoms with E-state index in [2.05, 4.69) is 9.97 Å². The summed E-state index contributed by atoms with van der Waals surface area (Å²) in [6.45, 7) is 4.01. The number of unbranched alkanes of at least 4 members (excludes halogenated alkanes) is 2. The maximum atomic E-state index is 13.1. The molecule has 0 unspecified atom stereocenters. The molecule has 0 saturated carbocycles. The molecular weight excluding hydrogens is 465 g/mol. The second-order valence-electron chi connectivity index (χ2n) is 8.79. The average molecular weight is 495 g/mol. The summed E-state index contributed by atoms with van der Waals surface area (Å²) in [5.41, 5.74) is -0.955. The molecule has 0 aliphatic heterocycles. The van der Waals surface area contributed by atoms with Crippen LogP contribution >= 0.6 is 0 Å². The molecule has 0 spiro atoms. The minimum atomic E-state index is -4.51. The predicted molar refractivity (Wildman–Crippen MR) is 124 cm³/mol. The maximum absolute atomic E-state index is 13.1. The number of hydrogen-bond donors (Lipinski definition) is 1. The maximum Gasteiger partial charge on any atom is 0.416 e. The molecule has 0 aliphatic carbocycles. The number of aryl methyl sites for hydroxylation is 1. The molecule has 0 atom stereocenters. The number of hydrogen-bond acceptors (Lipinski definition) is 6. The van der Waals surface area contributed by atoms with Gasteiger partial charge in [0, 0.05) is 20.2 Å². The Kier molecular flexibility index (Phi) is 8.31. The van der Waals surface area contributed by atoms with Crippen molar-refractivity contribution in [3.63, 3.8) is 0 Å². The first-order chi connectivity index (χ1) is 16.5. The first kappa shape index (κ1) is 26.4. The number of rotatable bonds is 10. The normalized spacial score (nSPS) is 12.0. The van der Waals surface area contributed by atoms with E-state index in [0.717, 1.165) is 23.1 Å². The van der Waals surface area contributed by atoms with Gasteiger partial charge in [-0.3, -0.25) is 13.9 Å². The fourth-order valence-electron chi connectivity index (χ4n) is 3.68. The number of benzene rings is 1. The van der Waals surface area contributed by atoms with Crippen LogP contribution in [0.15, 0.2) is 33.9 Å². The van der Waals surface area contributed by atoms with Crippen molar-refractivity contribution in [2.45, 2.75) is 58.9 Å². The number of halogens is 3. The number of aliphatic hydroxyl groups excluding tert-OH is 1. The molecule has 0 bridgehead atoms. The number of aliphatic hydroxyl groups is 1. The van der Waals surface area contributed by atoms with Gasteiger partial charge in [-0.2, -0.15) is 13.2 Å². The minimum absolute atomic E-state index is 0.0106. The Labute approximate surface area is 200 Å². The third kappa shape index (κ3) is 6.27. The van der Waals surface area contributed by atoms with E-state index >= 15 is 0 Å². The summed E-state index contributed by atoms with van der Waals surface area (Å²) in [5, 5.41) is 9.04. The Bertz CT molecular complexity index is 1300. The fraction of sp³-hybridized carbons (Fsp3) is 0.500. The van der Waals surface area contributed by atoms with E-state index in [1.807, 2.05) is 13.8 Å². The first-order valence-corrected chi connectivity index (χ1v) is 11.4. The summed E-state index contributed by atoms with van der Waals surface area (Å²) in [7, 11) is 1.38. The number of nitrogens with zero attached hydrogens (tertiary/aromatic N) is 4. The van der Waals surface area contributed by atoms with E-state index < -0.39 is 23.0 Å². The van der Waals surface area contributed by atoms with Crippen LogP contribution in [-0.4, -0.2) is 30.8 Å². The van der Waals surface area contributed by atoms with Crippen molar-refractivity contribution in [3.05, 3.63) is 62.1 Å². The van der Waals surface area contributed by atoms with Gasteiger partial charge in [-0.1, -0.05) is 26.3 Å². The largest absolute Gasteiger partial charge is 0.487 e. The third-order valence-corrected chi connectivity index (χ3v) is 5.47. The van der Waals surface area contributed by atoms with Crippen LogP contribution < -0.4 is 16.0 Å². The summed E-state index contributed by atoms with van der Waals surface area (Å²) in [6, 6.07) is 4.52. The van der Waals surface area contributed by atoms with Gasteiger partial charge in [0.1, 0.15) is 18.1 Å². The lowest BCUT2D eigenvalue weighted by molar-refractivity contribution is -0.137. The van der Waals surface area contributed by atoms with Gasteiger partial charge in [0.05, 0.1) is 11.3 Å². The zero-order valence-electron chi connectivity index (χ0n) is 19.9. The standard InChI is InChI=1S/C24H29F3N4O4/c1-15(2)13-31-21-20(22(33)30(3)23(31)34)28-18(10-5-4-6-11-32)19(29-21)14-35-17-9-7-8-16(12-17)24(25,26)27/h7-9,12,15,32H,4-6,10-11,13-14H2,1-3H3. The highest BCUT2D eigenvalue weighted by molar-refractivity contribution is 5.69. The Morgan fingerprint density at radius 1 is 1.09 bits per heavy atom. The van der Waals surface area contributed by atoms with Crippen LogP contribution in [-0.2, 0) is 32.8 Å². The van der Waals surface area contributed by atoms with Crippen LogP contribution in [0.5, 0.6) is 5.75 Å². The highest BCUT2D eigenvalue weighted by Crippen LogP contribution is 2.31. The minimum Gasteiger partial charge on any atom is -0.487 e. The van der Waals surface area contributed by atoms with E-state index in [1.165, 1.54) is 23.7 Å². The smallest absolute Gasteiger partial charge is 0.416 e. The van der Waals surface area contributed by atoms with Crippen molar-refractivity contribution >= 4 is 11.2 Å². The van der Waals surface area contributed by atoms with Crippen LogP contribution in [0.25, 0.3) is 11.2 Å². The second-order valence-corrected chi connectivity index (χ2v) is 8.79. The molecule has 2 heterocycles. The van der Waals surface area contributed by atoms with Gasteiger partial charge in [-0.05, 0) is 43.4 Å². The molecule has 0 amide bonds. The summed E-state index contributed by atoms with van der Waals surface area (Å²) >= 11 is 0. The lowest BCUT2D eigenvalue weighted by Gasteiger charge is -2.16. The molecule has 1 aromatic carbocycles. The van der Waals surface area contributed by atoms with Gasteiger partial charge in [0.15, 0.2) is 11.2 Å². The molecule has 0 saturated heterocycles. The number of ether oxygens (including phenoxy) is 1. The number of alkyl halides is 3. The Balaban J connectivity index is 2.07. The van der Waals surface area contributed by atoms with Crippen molar-refractivity contribution in [2.24, 2.45) is 13.0 Å². The highest BCUT2D eigenvalue weighted by Gasteiger charge is 2.30. The Morgan fingerprint density at radius 3 is 2.49 bits per heavy atom. The van der Waals surface area contributed by atoms with Gasteiger partial charge in [-0.25, -0.2) is 14.8 Å². The lowest BCUT2D eigenvalue weighted by atomic mass is 10.1. The Morgan fingerprint density at radius 2 is 1.83 bits per heavy atom. The second kappa shape index (κ2) is 11.0. The summed E-state index contributed by atoms with van der Waals surface area (Å²) < 4.78 is 47.2. The van der Waals surface area contributed by atoms with E-state index in [1.54, 1.807) is 0 Å². The van der Waals surface area contributed by atoms with Crippen LogP contribution in [0, 0.1) is 5.92 Å². The van der Waals surface area contributed by atoms with Crippen LogP contribution in [0.3, 0.4) is 0 Å². The molecule has 35 heavy (non-hydrogen) atoms. The quantitative estimate of drug-likeness (QED) is 0.434. The van der Waals surface area contributed by atoms with Crippen molar-refractivity contribution in [1.29, 1.82) is 0 Å². The topological polar surface area (TPSA) is 99.2 Å². The monoisotopic (exact) mass is 494 g/mol. The number of fused-ring (bicyclic) bond motifs is 1. The van der Waals surface area contributed by atoms with Crippen LogP contribution in [0.2, 0.25) is 0 Å². The molecule has 3 rings (SSSR count). The molecule has 1 N–H and O–H groups in total. The van der Waals surface area contributed by atoms with E-state index in [-0.39, 0.29) is 36.0 Å². The zero-order valence-corrected chi connectivity index (χ0v) is 19.9. The molecular formula is C24H29F3N4O4. The molecule has 2 aromatic heterocycles. The number of aromatic nitrogens is 4. The summed E-state index contributed by atoms with van der Waals surface area (Å²) in [6.07, 6.45) is -2.10. The van der Waals surface area contributed by atoms with Gasteiger partial charge in [0.25, 0.3) is 5.56 Å². The predicted octanol–water partition coefficient (Wildman–Crippen LogP) is 3.45. The highest BCUT2D eigenvalue weighted by atomic mass is 19.4. The lowest BCUT2D eigenvalue weighted by Crippen LogP contribution is -2.40. The molecule has 0 aliphatic rings. The van der Waals surface area contributed by atoms with Gasteiger partial charge in [0.2, 0.25) is 0 Å². The van der Waals surface area contributed by atoms with Gasteiger partial charge >= 0.3 is 11.9 Å². The molecule has 3 aromatic rings. The molecule has 190 valence electrons. The van der Waals surface area contributed by atoms with Crippen LogP contribution in [0.1, 0.15) is 50.1 Å². The first-order valence-electron chi connectivity index (χ1n) is 11.4. The van der Waals surface area contributed by atoms with Crippen molar-refractivity contribution < 1.29 is 23.0 Å². The Hall–Kier alpha value is -3.21. The van der Waals surface area contributed by atoms with E-state index in [0.29, 0.717) is 37.2 Å². The third-order valence-electron chi connectivity index (χ3n) is 5.47.